The van der Waals surface area contributed by atoms with E-state index in [9.17, 15) is 0 Å². The molecule has 4 nitrogen and oxygen atoms in total. The van der Waals surface area contributed by atoms with Gasteiger partial charge in [0.05, 0.1) is 0 Å². The third-order valence-electron chi connectivity index (χ3n) is 3.61. The van der Waals surface area contributed by atoms with Gasteiger partial charge in [-0.3, -0.25) is 0 Å². The van der Waals surface area contributed by atoms with E-state index < -0.39 is 0 Å². The average molecular weight is 248 g/mol. The minimum Gasteiger partial charge on any atom is -0.383 e. The van der Waals surface area contributed by atoms with Crippen LogP contribution < -0.4 is 11.1 Å². The zero-order valence-corrected chi connectivity index (χ0v) is 11.7. The number of nitrogens with zero attached hydrogens (tertiary/aromatic N) is 2. The van der Waals surface area contributed by atoms with Crippen LogP contribution in [0.2, 0.25) is 0 Å². The Morgan fingerprint density at radius 2 is 2.06 bits per heavy atom. The van der Waals surface area contributed by atoms with Gasteiger partial charge in [0, 0.05) is 18.0 Å². The number of anilines is 2. The standard InChI is InChI=1S/C14H24N4/c1-4-6-10-8-11(10)16-14-9(3)13(15)17-12(18-14)7-5-2/h10-11H,4-8H2,1-3H3,(H3,15,16,17,18). The fourth-order valence-electron chi connectivity index (χ4n) is 2.35. The van der Waals surface area contributed by atoms with Gasteiger partial charge >= 0.3 is 0 Å². The predicted molar refractivity (Wildman–Crippen MR) is 75.6 cm³/mol. The SMILES string of the molecule is CCCc1nc(N)c(C)c(NC2CC2CCC)n1. The first-order chi connectivity index (χ1) is 8.65. The van der Waals surface area contributed by atoms with Crippen molar-refractivity contribution >= 4 is 11.6 Å². The number of rotatable bonds is 6. The summed E-state index contributed by atoms with van der Waals surface area (Å²) >= 11 is 0. The quantitative estimate of drug-likeness (QED) is 0.812. The van der Waals surface area contributed by atoms with Crippen LogP contribution in [0, 0.1) is 12.8 Å². The Morgan fingerprint density at radius 1 is 1.28 bits per heavy atom. The van der Waals surface area contributed by atoms with Gasteiger partial charge < -0.3 is 11.1 Å². The fourth-order valence-corrected chi connectivity index (χ4v) is 2.35. The largest absolute Gasteiger partial charge is 0.383 e. The summed E-state index contributed by atoms with van der Waals surface area (Å²) in [5.41, 5.74) is 6.93. The van der Waals surface area contributed by atoms with Crippen molar-refractivity contribution in [2.45, 2.75) is 58.9 Å². The minimum absolute atomic E-state index is 0.590. The molecule has 1 heterocycles. The van der Waals surface area contributed by atoms with Crippen LogP contribution in [-0.4, -0.2) is 16.0 Å². The van der Waals surface area contributed by atoms with E-state index >= 15 is 0 Å². The molecule has 1 aliphatic carbocycles. The van der Waals surface area contributed by atoms with Crippen molar-refractivity contribution < 1.29 is 0 Å². The highest BCUT2D eigenvalue weighted by Gasteiger charge is 2.36. The Morgan fingerprint density at radius 3 is 2.72 bits per heavy atom. The molecule has 4 heteroatoms. The van der Waals surface area contributed by atoms with Crippen LogP contribution in [0.25, 0.3) is 0 Å². The van der Waals surface area contributed by atoms with Gasteiger partial charge in [-0.15, -0.1) is 0 Å². The topological polar surface area (TPSA) is 63.8 Å². The highest BCUT2D eigenvalue weighted by molar-refractivity contribution is 5.55. The summed E-state index contributed by atoms with van der Waals surface area (Å²) < 4.78 is 0. The number of aromatic nitrogens is 2. The highest BCUT2D eigenvalue weighted by atomic mass is 15.1. The average Bonchev–Trinajstić information content (AvgIpc) is 3.04. The first kappa shape index (κ1) is 13.1. The monoisotopic (exact) mass is 248 g/mol. The molecule has 1 aromatic heterocycles. The third kappa shape index (κ3) is 2.92. The second kappa shape index (κ2) is 5.55. The molecule has 100 valence electrons. The fraction of sp³-hybridized carbons (Fsp3) is 0.714. The number of nitrogens with two attached hydrogens (primary N) is 1. The van der Waals surface area contributed by atoms with E-state index in [1.54, 1.807) is 0 Å². The van der Waals surface area contributed by atoms with E-state index in [0.717, 1.165) is 36.0 Å². The Balaban J connectivity index is 2.07. The van der Waals surface area contributed by atoms with E-state index in [-0.39, 0.29) is 0 Å². The van der Waals surface area contributed by atoms with Crippen LogP contribution >= 0.6 is 0 Å². The molecule has 0 aromatic carbocycles. The molecule has 3 N–H and O–H groups in total. The van der Waals surface area contributed by atoms with E-state index in [1.165, 1.54) is 19.3 Å². The van der Waals surface area contributed by atoms with E-state index in [0.29, 0.717) is 11.9 Å². The van der Waals surface area contributed by atoms with Crippen LogP contribution in [0.1, 0.15) is 50.9 Å². The molecule has 0 amide bonds. The molecular formula is C14H24N4. The number of nitrogen functional groups attached to an aromatic ring is 1. The lowest BCUT2D eigenvalue weighted by Crippen LogP contribution is -2.12. The molecule has 1 fully saturated rings. The van der Waals surface area contributed by atoms with E-state index in [4.69, 9.17) is 5.73 Å². The highest BCUT2D eigenvalue weighted by Crippen LogP contribution is 2.37. The molecule has 0 aliphatic heterocycles. The van der Waals surface area contributed by atoms with Gasteiger partial charge in [-0.2, -0.15) is 0 Å². The molecule has 0 spiro atoms. The Bertz CT molecular complexity index is 417. The summed E-state index contributed by atoms with van der Waals surface area (Å²) in [5.74, 6) is 3.23. The van der Waals surface area contributed by atoms with Gasteiger partial charge in [0.2, 0.25) is 0 Å². The second-order valence-electron chi connectivity index (χ2n) is 5.28. The van der Waals surface area contributed by atoms with Crippen molar-refractivity contribution in [3.63, 3.8) is 0 Å². The summed E-state index contributed by atoms with van der Waals surface area (Å²) in [4.78, 5) is 8.93. The Kier molecular flexibility index (Phi) is 4.04. The van der Waals surface area contributed by atoms with Crippen molar-refractivity contribution in [1.29, 1.82) is 0 Å². The van der Waals surface area contributed by atoms with Crippen LogP contribution in [0.4, 0.5) is 11.6 Å². The molecule has 0 bridgehead atoms. The van der Waals surface area contributed by atoms with Crippen LogP contribution in [0.3, 0.4) is 0 Å². The van der Waals surface area contributed by atoms with Gasteiger partial charge in [0.25, 0.3) is 0 Å². The van der Waals surface area contributed by atoms with Gasteiger partial charge in [-0.05, 0) is 32.1 Å². The van der Waals surface area contributed by atoms with E-state index in [2.05, 4.69) is 29.1 Å². The third-order valence-corrected chi connectivity index (χ3v) is 3.61. The maximum Gasteiger partial charge on any atom is 0.134 e. The normalized spacial score (nSPS) is 21.9. The van der Waals surface area contributed by atoms with Crippen LogP contribution in [-0.2, 0) is 6.42 Å². The van der Waals surface area contributed by atoms with Crippen LogP contribution in [0.15, 0.2) is 0 Å². The van der Waals surface area contributed by atoms with Gasteiger partial charge in [0.1, 0.15) is 17.5 Å². The summed E-state index contributed by atoms with van der Waals surface area (Å²) in [7, 11) is 0. The molecule has 1 aliphatic rings. The minimum atomic E-state index is 0.590. The maximum atomic E-state index is 5.95. The summed E-state index contributed by atoms with van der Waals surface area (Å²) in [5, 5.41) is 3.53. The molecule has 2 atom stereocenters. The summed E-state index contributed by atoms with van der Waals surface area (Å²) in [6, 6.07) is 0.590. The number of nitrogens with one attached hydrogen (secondary N) is 1. The number of hydrogen-bond donors (Lipinski definition) is 2. The number of aryl methyl sites for hydroxylation is 1. The first-order valence-corrected chi connectivity index (χ1v) is 7.05. The molecule has 1 saturated carbocycles. The molecule has 0 radical (unpaired) electrons. The lowest BCUT2D eigenvalue weighted by Gasteiger charge is -2.11. The number of hydrogen-bond acceptors (Lipinski definition) is 4. The Hall–Kier alpha value is -1.32. The first-order valence-electron chi connectivity index (χ1n) is 7.05. The second-order valence-corrected chi connectivity index (χ2v) is 5.28. The molecule has 0 saturated heterocycles. The Labute approximate surface area is 109 Å². The zero-order chi connectivity index (χ0) is 13.1. The molecule has 2 unspecified atom stereocenters. The summed E-state index contributed by atoms with van der Waals surface area (Å²) in [6.07, 6.45) is 5.76. The smallest absolute Gasteiger partial charge is 0.134 e. The van der Waals surface area contributed by atoms with Gasteiger partial charge in [-0.25, -0.2) is 9.97 Å². The summed E-state index contributed by atoms with van der Waals surface area (Å²) in [6.45, 7) is 6.36. The van der Waals surface area contributed by atoms with Crippen molar-refractivity contribution in [2.24, 2.45) is 5.92 Å². The van der Waals surface area contributed by atoms with Gasteiger partial charge in [-0.1, -0.05) is 20.3 Å². The predicted octanol–water partition coefficient (Wildman–Crippen LogP) is 2.92. The molecule has 1 aromatic rings. The van der Waals surface area contributed by atoms with Crippen molar-refractivity contribution in [3.8, 4) is 0 Å². The lowest BCUT2D eigenvalue weighted by atomic mass is 10.2. The van der Waals surface area contributed by atoms with Crippen molar-refractivity contribution in [2.75, 3.05) is 11.1 Å². The maximum absolute atomic E-state index is 5.95. The van der Waals surface area contributed by atoms with E-state index in [1.807, 2.05) is 6.92 Å². The molecule has 2 rings (SSSR count). The van der Waals surface area contributed by atoms with Crippen molar-refractivity contribution in [1.82, 2.24) is 9.97 Å². The van der Waals surface area contributed by atoms with Gasteiger partial charge in [0.15, 0.2) is 0 Å². The van der Waals surface area contributed by atoms with Crippen molar-refractivity contribution in [3.05, 3.63) is 11.4 Å². The van der Waals surface area contributed by atoms with Crippen LogP contribution in [0.5, 0.6) is 0 Å². The molecule has 18 heavy (non-hydrogen) atoms. The lowest BCUT2D eigenvalue weighted by molar-refractivity contribution is 0.691. The zero-order valence-electron chi connectivity index (χ0n) is 11.7. The molecular weight excluding hydrogens is 224 g/mol.